The zero-order valence-corrected chi connectivity index (χ0v) is 49.3. The highest BCUT2D eigenvalue weighted by molar-refractivity contribution is 6.27. The van der Waals surface area contributed by atoms with Crippen LogP contribution in [-0.4, -0.2) is 283 Å². The van der Waals surface area contributed by atoms with Crippen LogP contribution in [0.15, 0.2) is 0 Å². The summed E-state index contributed by atoms with van der Waals surface area (Å²) in [7, 11) is 24.1. The van der Waals surface area contributed by atoms with Crippen LogP contribution in [0.4, 0.5) is 17.3 Å². The highest BCUT2D eigenvalue weighted by Crippen LogP contribution is 2.15. The fourth-order valence-corrected chi connectivity index (χ4v) is 9.53. The highest BCUT2D eigenvalue weighted by Gasteiger charge is 2.24. The molecule has 0 saturated carbocycles. The van der Waals surface area contributed by atoms with Gasteiger partial charge in [0.15, 0.2) is 0 Å². The predicted octanol–water partition coefficient (Wildman–Crippen LogP) is -2.50. The van der Waals surface area contributed by atoms with Crippen molar-refractivity contribution < 1.29 is 93.3 Å². The molecule has 24 heteroatoms. The first-order valence-corrected chi connectivity index (χ1v) is 27.0. The Morgan fingerprint density at radius 2 is 0.222 bits per heavy atom. The monoisotopic (exact) mass is 1050 g/mol. The summed E-state index contributed by atoms with van der Waals surface area (Å²) < 4.78 is 49.6. The average molecular weight is 1050 g/mol. The highest BCUT2D eigenvalue weighted by atomic mass is 19.1. The molecule has 8 rings (SSSR count). The predicted molar refractivity (Wildman–Crippen MR) is 276 cm³/mol. The van der Waals surface area contributed by atoms with Crippen molar-refractivity contribution in [1.29, 1.82) is 0 Å². The molecular weight excluding hydrogens is 936 g/mol. The van der Waals surface area contributed by atoms with Gasteiger partial charge >= 0.3 is 0 Å². The molecule has 8 heterocycles. The van der Waals surface area contributed by atoms with Crippen molar-refractivity contribution in [3.05, 3.63) is 0 Å². The van der Waals surface area contributed by atoms with Crippen molar-refractivity contribution in [3.8, 4) is 0 Å². The van der Waals surface area contributed by atoms with Gasteiger partial charge in [-0.25, -0.2) is 0 Å². The Morgan fingerprint density at radius 1 is 0.181 bits per heavy atom. The van der Waals surface area contributed by atoms with Gasteiger partial charge in [0.2, 0.25) is 0 Å². The Balaban J connectivity index is -0.000000353. The van der Waals surface area contributed by atoms with Crippen LogP contribution < -0.4 is 40.2 Å². The Labute approximate surface area is 441 Å². The Kier molecular flexibility index (Phi) is 43.8. The second-order valence-electron chi connectivity index (χ2n) is 25.8. The number of quaternary nitrogens is 8. The standard InChI is InChI=1S/8C6H14N.4BFO2/c8*1-7(2)5-3-4-6-7;4*2-1(3)4/h8*3-6H2,1-2H3;;;;/q8*+1;4*-2. The molecule has 0 spiro atoms. The van der Waals surface area contributed by atoms with Crippen LogP contribution in [0.5, 0.6) is 0 Å². The first-order valence-electron chi connectivity index (χ1n) is 27.0. The molecule has 0 unspecified atom stereocenters. The molecule has 0 N–H and O–H groups in total. The van der Waals surface area contributed by atoms with Gasteiger partial charge in [0, 0.05) is 103 Å². The van der Waals surface area contributed by atoms with E-state index in [9.17, 15) is 17.3 Å². The lowest BCUT2D eigenvalue weighted by molar-refractivity contribution is -0.877. The van der Waals surface area contributed by atoms with Crippen LogP contribution in [0.2, 0.25) is 0 Å². The molecule has 8 aliphatic heterocycles. The maximum atomic E-state index is 9.89. The van der Waals surface area contributed by atoms with E-state index in [0.717, 1.165) is 0 Å². The number of likely N-dealkylation sites (tertiary alicyclic amines) is 8. The van der Waals surface area contributed by atoms with Crippen LogP contribution in [-0.2, 0) is 0 Å². The first kappa shape index (κ1) is 77.8. The van der Waals surface area contributed by atoms with Crippen LogP contribution in [0, 0.1) is 0 Å². The minimum absolute atomic E-state index is 1.25. The van der Waals surface area contributed by atoms with E-state index in [0.29, 0.717) is 0 Å². The second-order valence-corrected chi connectivity index (χ2v) is 25.8. The number of rotatable bonds is 0. The summed E-state index contributed by atoms with van der Waals surface area (Å²) in [5.41, 5.74) is 0. The van der Waals surface area contributed by atoms with Gasteiger partial charge < -0.3 is 93.3 Å². The van der Waals surface area contributed by atoms with Crippen molar-refractivity contribution in [2.75, 3.05) is 217 Å². The van der Waals surface area contributed by atoms with Gasteiger partial charge in [-0.15, -0.1) is 0 Å². The van der Waals surface area contributed by atoms with Gasteiger partial charge in [0.1, 0.15) is 29.6 Å². The minimum Gasteiger partial charge on any atom is -0.867 e. The van der Waals surface area contributed by atoms with E-state index >= 15 is 0 Å². The molecule has 0 aromatic rings. The quantitative estimate of drug-likeness (QED) is 0.145. The normalized spacial score (nSPS) is 23.5. The third-order valence-electron chi connectivity index (χ3n) is 14.2. The molecular formula is C48H112B4F4N8O8. The Morgan fingerprint density at radius 3 is 0.236 bits per heavy atom. The van der Waals surface area contributed by atoms with Crippen LogP contribution >= 0.6 is 0 Å². The van der Waals surface area contributed by atoms with Crippen molar-refractivity contribution in [2.24, 2.45) is 0 Å². The zero-order chi connectivity index (χ0) is 56.9. The van der Waals surface area contributed by atoms with Crippen molar-refractivity contribution in [3.63, 3.8) is 0 Å². The third-order valence-corrected chi connectivity index (χ3v) is 14.2. The zero-order valence-electron chi connectivity index (χ0n) is 49.3. The maximum Gasteiger partial charge on any atom is 0.121 e. The van der Waals surface area contributed by atoms with Gasteiger partial charge in [-0.2, -0.15) is 0 Å². The number of hydrogen-bond donors (Lipinski definition) is 0. The smallest absolute Gasteiger partial charge is 0.121 e. The molecule has 0 bridgehead atoms. The molecule has 432 valence electrons. The topological polar surface area (TPSA) is 184 Å². The lowest BCUT2D eigenvalue weighted by Crippen LogP contribution is -2.39. The molecule has 0 atom stereocenters. The largest absolute Gasteiger partial charge is 0.867 e. The van der Waals surface area contributed by atoms with E-state index in [1.807, 2.05) is 0 Å². The van der Waals surface area contributed by atoms with Gasteiger partial charge in [0.25, 0.3) is 0 Å². The maximum absolute atomic E-state index is 9.89. The van der Waals surface area contributed by atoms with E-state index in [1.165, 1.54) is 243 Å². The van der Waals surface area contributed by atoms with Crippen LogP contribution in [0.1, 0.15) is 103 Å². The molecule has 8 saturated heterocycles. The lowest BCUT2D eigenvalue weighted by Gasteiger charge is -2.21. The molecule has 16 nitrogen and oxygen atoms in total. The van der Waals surface area contributed by atoms with Gasteiger partial charge in [-0.3, -0.25) is 0 Å². The summed E-state index contributed by atoms with van der Waals surface area (Å²) in [6.07, 6.45) is 23.0. The lowest BCUT2D eigenvalue weighted by atomic mass is 10.3. The van der Waals surface area contributed by atoms with E-state index in [-0.39, 0.29) is 0 Å². The average Bonchev–Trinajstić information content (AvgIpc) is 4.06. The van der Waals surface area contributed by atoms with E-state index in [2.05, 4.69) is 113 Å². The molecule has 0 aliphatic carbocycles. The minimum atomic E-state index is -3.17. The van der Waals surface area contributed by atoms with Crippen LogP contribution in [0.3, 0.4) is 0 Å². The third kappa shape index (κ3) is 63.6. The van der Waals surface area contributed by atoms with Crippen LogP contribution in [0.25, 0.3) is 0 Å². The Hall–Kier alpha value is -0.660. The summed E-state index contributed by atoms with van der Waals surface area (Å²) >= 11 is 0. The molecule has 0 aromatic heterocycles. The van der Waals surface area contributed by atoms with Gasteiger partial charge in [-0.05, 0) is 0 Å². The van der Waals surface area contributed by atoms with Gasteiger partial charge in [0.05, 0.1) is 217 Å². The summed E-state index contributed by atoms with van der Waals surface area (Å²) in [6, 6.07) is 0. The Bertz CT molecular complexity index is 933. The number of nitrogens with zero attached hydrogens (tertiary/aromatic N) is 8. The molecule has 0 aromatic carbocycles. The van der Waals surface area contributed by atoms with Crippen molar-refractivity contribution in [1.82, 2.24) is 0 Å². The number of hydrogen-bond acceptors (Lipinski definition) is 8. The van der Waals surface area contributed by atoms with E-state index in [1.54, 1.807) is 0 Å². The summed E-state index contributed by atoms with van der Waals surface area (Å²) in [5, 5.41) is 66.4. The fourth-order valence-electron chi connectivity index (χ4n) is 9.53. The van der Waals surface area contributed by atoms with Crippen molar-refractivity contribution >= 4 is 29.6 Å². The molecule has 0 amide bonds. The fraction of sp³-hybridized carbons (Fsp3) is 1.00. The number of halogens is 4. The summed E-state index contributed by atoms with van der Waals surface area (Å²) in [5.74, 6) is 0. The molecule has 8 aliphatic rings. The second kappa shape index (κ2) is 40.5. The van der Waals surface area contributed by atoms with Crippen molar-refractivity contribution in [2.45, 2.75) is 103 Å². The summed E-state index contributed by atoms with van der Waals surface area (Å²) in [4.78, 5) is 0. The van der Waals surface area contributed by atoms with E-state index in [4.69, 9.17) is 40.2 Å². The SMILES string of the molecule is C[N+]1(C)CCCC1.C[N+]1(C)CCCC1.C[N+]1(C)CCCC1.C[N+]1(C)CCCC1.C[N+]1(C)CCCC1.C[N+]1(C)CCCC1.C[N+]1(C)CCCC1.C[N+]1(C)CCCC1.[O-]B([O-])F.[O-]B([O-])F.[O-]B([O-])F.[O-]B([O-])F. The molecule has 72 heavy (non-hydrogen) atoms. The van der Waals surface area contributed by atoms with E-state index < -0.39 is 29.6 Å². The molecule has 8 fully saturated rings. The van der Waals surface area contributed by atoms with Gasteiger partial charge in [-0.1, -0.05) is 0 Å². The molecule has 0 radical (unpaired) electrons. The summed E-state index contributed by atoms with van der Waals surface area (Å²) in [6.45, 7) is 22.2. The first-order chi connectivity index (χ1) is 32.6.